The molecule has 0 aliphatic rings. The quantitative estimate of drug-likeness (QED) is 0.767. The van der Waals surface area contributed by atoms with Crippen molar-refractivity contribution in [2.45, 2.75) is 6.42 Å². The fourth-order valence-corrected chi connectivity index (χ4v) is 1.28. The number of hydrogen-bond acceptors (Lipinski definition) is 3. The van der Waals surface area contributed by atoms with Crippen molar-refractivity contribution in [1.29, 1.82) is 0 Å². The van der Waals surface area contributed by atoms with Gasteiger partial charge in [-0.05, 0) is 12.1 Å². The van der Waals surface area contributed by atoms with Gasteiger partial charge in [-0.1, -0.05) is 17.7 Å². The third kappa shape index (κ3) is 4.76. The molecule has 1 rings (SSSR count). The maximum Gasteiger partial charge on any atom is 0.245 e. The van der Waals surface area contributed by atoms with E-state index in [4.69, 9.17) is 11.6 Å². The molecule has 4 nitrogen and oxygen atoms in total. The van der Waals surface area contributed by atoms with Crippen molar-refractivity contribution in [3.8, 4) is 0 Å². The largest absolute Gasteiger partial charge is 0.375 e. The maximum absolute atomic E-state index is 11.0. The number of carbonyl (C=O) groups excluding carboxylic acids is 1. The van der Waals surface area contributed by atoms with E-state index in [1.54, 1.807) is 6.07 Å². The van der Waals surface area contributed by atoms with Gasteiger partial charge in [0.15, 0.2) is 0 Å². The van der Waals surface area contributed by atoms with Crippen LogP contribution in [0.3, 0.4) is 0 Å². The van der Waals surface area contributed by atoms with Crippen LogP contribution in [-0.4, -0.2) is 31.2 Å². The second-order valence-electron chi connectivity index (χ2n) is 2.98. The Bertz CT molecular complexity index is 331. The van der Waals surface area contributed by atoms with Gasteiger partial charge < -0.3 is 10.1 Å². The zero-order chi connectivity index (χ0) is 11.1. The van der Waals surface area contributed by atoms with Crippen molar-refractivity contribution in [2.24, 2.45) is 0 Å². The van der Waals surface area contributed by atoms with Gasteiger partial charge in [0.1, 0.15) is 11.8 Å². The van der Waals surface area contributed by atoms with Crippen molar-refractivity contribution in [3.05, 3.63) is 29.0 Å². The number of halogens is 1. The van der Waals surface area contributed by atoms with E-state index < -0.39 is 0 Å². The first kappa shape index (κ1) is 11.9. The van der Waals surface area contributed by atoms with Crippen LogP contribution >= 0.6 is 11.6 Å². The zero-order valence-corrected chi connectivity index (χ0v) is 9.25. The summed E-state index contributed by atoms with van der Waals surface area (Å²) in [4.78, 5) is 15.1. The van der Waals surface area contributed by atoms with E-state index in [-0.39, 0.29) is 12.5 Å². The minimum atomic E-state index is -0.125. The molecule has 1 amide bonds. The number of carbonyl (C=O) groups is 1. The lowest BCUT2D eigenvalue weighted by molar-refractivity contribution is -0.124. The molecule has 82 valence electrons. The highest BCUT2D eigenvalue weighted by Crippen LogP contribution is 2.04. The first-order chi connectivity index (χ1) is 7.22. The lowest BCUT2D eigenvalue weighted by atomic mass is 10.3. The molecule has 0 atom stereocenters. The predicted octanol–water partition coefficient (Wildman–Crippen LogP) is 1.04. The van der Waals surface area contributed by atoms with E-state index in [2.05, 4.69) is 15.0 Å². The minimum Gasteiger partial charge on any atom is -0.375 e. The Balaban J connectivity index is 2.28. The molecular weight excluding hydrogens is 216 g/mol. The highest BCUT2D eigenvalue weighted by atomic mass is 35.5. The third-order valence-electron chi connectivity index (χ3n) is 1.75. The first-order valence-corrected chi connectivity index (χ1v) is 4.97. The van der Waals surface area contributed by atoms with Gasteiger partial charge in [0, 0.05) is 25.8 Å². The lowest BCUT2D eigenvalue weighted by Gasteiger charge is -2.04. The van der Waals surface area contributed by atoms with Crippen molar-refractivity contribution in [2.75, 3.05) is 20.3 Å². The van der Waals surface area contributed by atoms with Crippen LogP contribution in [0.1, 0.15) is 5.69 Å². The van der Waals surface area contributed by atoms with Crippen LogP contribution in [0.2, 0.25) is 5.15 Å². The lowest BCUT2D eigenvalue weighted by Crippen LogP contribution is -2.29. The van der Waals surface area contributed by atoms with Gasteiger partial charge in [-0.15, -0.1) is 0 Å². The van der Waals surface area contributed by atoms with Gasteiger partial charge >= 0.3 is 0 Å². The molecular formula is C10H13ClN2O2. The molecule has 0 unspecified atom stereocenters. The SMILES string of the molecule is COCC(=O)NCCc1cccc(Cl)n1. The highest BCUT2D eigenvalue weighted by Gasteiger charge is 2.00. The Morgan fingerprint density at radius 2 is 2.40 bits per heavy atom. The summed E-state index contributed by atoms with van der Waals surface area (Å²) in [5.41, 5.74) is 0.861. The molecule has 0 aliphatic carbocycles. The van der Waals surface area contributed by atoms with Crippen LogP contribution in [0.15, 0.2) is 18.2 Å². The van der Waals surface area contributed by atoms with Crippen LogP contribution in [0.25, 0.3) is 0 Å². The number of nitrogens with one attached hydrogen (secondary N) is 1. The molecule has 0 aromatic carbocycles. The fourth-order valence-electron chi connectivity index (χ4n) is 1.10. The summed E-state index contributed by atoms with van der Waals surface area (Å²) < 4.78 is 4.68. The van der Waals surface area contributed by atoms with E-state index in [0.29, 0.717) is 18.1 Å². The standard InChI is InChI=1S/C10H13ClN2O2/c1-15-7-10(14)12-6-5-8-3-2-4-9(11)13-8/h2-4H,5-7H2,1H3,(H,12,14). The molecule has 5 heteroatoms. The molecule has 0 aliphatic heterocycles. The van der Waals surface area contributed by atoms with Crippen molar-refractivity contribution >= 4 is 17.5 Å². The van der Waals surface area contributed by atoms with E-state index in [0.717, 1.165) is 5.69 Å². The van der Waals surface area contributed by atoms with E-state index in [1.807, 2.05) is 12.1 Å². The minimum absolute atomic E-state index is 0.0863. The van der Waals surface area contributed by atoms with Gasteiger partial charge in [-0.25, -0.2) is 4.98 Å². The molecule has 0 saturated carbocycles. The van der Waals surface area contributed by atoms with Crippen molar-refractivity contribution in [3.63, 3.8) is 0 Å². The Hall–Kier alpha value is -1.13. The second-order valence-corrected chi connectivity index (χ2v) is 3.37. The average Bonchev–Trinajstić information content (AvgIpc) is 2.18. The van der Waals surface area contributed by atoms with Crippen LogP contribution in [0.5, 0.6) is 0 Å². The number of aromatic nitrogens is 1. The number of pyridine rings is 1. The molecule has 1 aromatic heterocycles. The molecule has 1 N–H and O–H groups in total. The molecule has 1 heterocycles. The second kappa shape index (κ2) is 6.37. The summed E-state index contributed by atoms with van der Waals surface area (Å²) in [5.74, 6) is -0.125. The fraction of sp³-hybridized carbons (Fsp3) is 0.400. The number of rotatable bonds is 5. The molecule has 0 fully saturated rings. The summed E-state index contributed by atoms with van der Waals surface area (Å²) in [6.07, 6.45) is 0.663. The molecule has 1 aromatic rings. The number of methoxy groups -OCH3 is 1. The first-order valence-electron chi connectivity index (χ1n) is 4.59. The maximum atomic E-state index is 11.0. The third-order valence-corrected chi connectivity index (χ3v) is 1.96. The van der Waals surface area contributed by atoms with E-state index >= 15 is 0 Å². The summed E-state index contributed by atoms with van der Waals surface area (Å²) in [6, 6.07) is 5.42. The molecule has 0 spiro atoms. The van der Waals surface area contributed by atoms with Gasteiger partial charge in [-0.3, -0.25) is 4.79 Å². The van der Waals surface area contributed by atoms with E-state index in [1.165, 1.54) is 7.11 Å². The number of amides is 1. The predicted molar refractivity (Wildman–Crippen MR) is 57.8 cm³/mol. The topological polar surface area (TPSA) is 51.2 Å². The van der Waals surface area contributed by atoms with Crippen LogP contribution in [-0.2, 0) is 16.0 Å². The summed E-state index contributed by atoms with van der Waals surface area (Å²) in [5, 5.41) is 3.17. The summed E-state index contributed by atoms with van der Waals surface area (Å²) in [7, 11) is 1.48. The van der Waals surface area contributed by atoms with Gasteiger partial charge in [0.05, 0.1) is 0 Å². The Labute approximate surface area is 93.6 Å². The Morgan fingerprint density at radius 1 is 1.60 bits per heavy atom. The van der Waals surface area contributed by atoms with Gasteiger partial charge in [0.25, 0.3) is 0 Å². The monoisotopic (exact) mass is 228 g/mol. The number of ether oxygens (including phenoxy) is 1. The van der Waals surface area contributed by atoms with Gasteiger partial charge in [0.2, 0.25) is 5.91 Å². The van der Waals surface area contributed by atoms with Crippen molar-refractivity contribution in [1.82, 2.24) is 10.3 Å². The number of hydrogen-bond donors (Lipinski definition) is 1. The van der Waals surface area contributed by atoms with Crippen LogP contribution in [0, 0.1) is 0 Å². The van der Waals surface area contributed by atoms with E-state index in [9.17, 15) is 4.79 Å². The Morgan fingerprint density at radius 3 is 3.07 bits per heavy atom. The van der Waals surface area contributed by atoms with Crippen molar-refractivity contribution < 1.29 is 9.53 Å². The van der Waals surface area contributed by atoms with Crippen LogP contribution < -0.4 is 5.32 Å². The normalized spacial score (nSPS) is 10.0. The van der Waals surface area contributed by atoms with Gasteiger partial charge in [-0.2, -0.15) is 0 Å². The Kier molecular flexibility index (Phi) is 5.07. The zero-order valence-electron chi connectivity index (χ0n) is 8.50. The van der Waals surface area contributed by atoms with Crippen LogP contribution in [0.4, 0.5) is 0 Å². The average molecular weight is 229 g/mol. The molecule has 15 heavy (non-hydrogen) atoms. The molecule has 0 bridgehead atoms. The smallest absolute Gasteiger partial charge is 0.245 e. The number of nitrogens with zero attached hydrogens (tertiary/aromatic N) is 1. The molecule has 0 radical (unpaired) electrons. The molecule has 0 saturated heterocycles. The summed E-state index contributed by atoms with van der Waals surface area (Å²) in [6.45, 7) is 0.624. The summed E-state index contributed by atoms with van der Waals surface area (Å²) >= 11 is 5.72. The highest BCUT2D eigenvalue weighted by molar-refractivity contribution is 6.29.